The molecule has 2 saturated heterocycles. The van der Waals surface area contributed by atoms with Gasteiger partial charge in [0.1, 0.15) is 0 Å². The topological polar surface area (TPSA) is 41.6 Å². The maximum absolute atomic E-state index is 13.7. The Balaban J connectivity index is 1.63. The molecular formula is C25H30N2O2. The fourth-order valence-corrected chi connectivity index (χ4v) is 4.63. The van der Waals surface area contributed by atoms with E-state index in [9.17, 15) is 4.79 Å². The Labute approximate surface area is 173 Å². The van der Waals surface area contributed by atoms with Crippen LogP contribution in [0.15, 0.2) is 60.7 Å². The Morgan fingerprint density at radius 3 is 2.66 bits per heavy atom. The molecule has 0 aliphatic carbocycles. The second kappa shape index (κ2) is 8.93. The molecular weight excluding hydrogens is 360 g/mol. The lowest BCUT2D eigenvalue weighted by atomic mass is 9.83. The van der Waals surface area contributed by atoms with E-state index in [1.807, 2.05) is 18.2 Å². The summed E-state index contributed by atoms with van der Waals surface area (Å²) in [5.74, 6) is 0.378. The third-order valence-electron chi connectivity index (χ3n) is 6.35. The normalized spacial score (nSPS) is 25.2. The van der Waals surface area contributed by atoms with Gasteiger partial charge in [-0.1, -0.05) is 60.7 Å². The molecule has 4 heteroatoms. The summed E-state index contributed by atoms with van der Waals surface area (Å²) in [7, 11) is 0. The molecule has 1 N–H and O–H groups in total. The molecule has 4 rings (SSSR count). The van der Waals surface area contributed by atoms with Gasteiger partial charge in [0.2, 0.25) is 5.91 Å². The number of allylic oxidation sites excluding steroid dienone is 2. The van der Waals surface area contributed by atoms with Crippen LogP contribution in [0.4, 0.5) is 0 Å². The zero-order valence-electron chi connectivity index (χ0n) is 17.3. The van der Waals surface area contributed by atoms with Gasteiger partial charge in [-0.2, -0.15) is 0 Å². The van der Waals surface area contributed by atoms with Crippen LogP contribution in [0.1, 0.15) is 42.5 Å². The van der Waals surface area contributed by atoms with Crippen molar-refractivity contribution in [2.75, 3.05) is 32.8 Å². The number of carbonyl (C=O) groups is 1. The van der Waals surface area contributed by atoms with Crippen LogP contribution in [-0.4, -0.2) is 43.7 Å². The van der Waals surface area contributed by atoms with Gasteiger partial charge in [0.15, 0.2) is 0 Å². The summed E-state index contributed by atoms with van der Waals surface area (Å²) in [5.41, 5.74) is 4.93. The molecule has 0 radical (unpaired) electrons. The Hall–Kier alpha value is -2.43. The van der Waals surface area contributed by atoms with E-state index in [0.717, 1.165) is 18.7 Å². The van der Waals surface area contributed by atoms with E-state index in [0.29, 0.717) is 19.8 Å². The highest BCUT2D eigenvalue weighted by Gasteiger charge is 2.40. The second-order valence-corrected chi connectivity index (χ2v) is 7.96. The average Bonchev–Trinajstić information content (AvgIpc) is 3.28. The largest absolute Gasteiger partial charge is 0.377 e. The van der Waals surface area contributed by atoms with Crippen molar-refractivity contribution in [3.63, 3.8) is 0 Å². The van der Waals surface area contributed by atoms with E-state index in [1.54, 1.807) is 0 Å². The number of carbonyl (C=O) groups excluding carboxylic acids is 1. The van der Waals surface area contributed by atoms with Crippen molar-refractivity contribution >= 4 is 11.5 Å². The van der Waals surface area contributed by atoms with Crippen molar-refractivity contribution in [1.82, 2.24) is 10.2 Å². The molecule has 3 atom stereocenters. The first kappa shape index (κ1) is 19.9. The van der Waals surface area contributed by atoms with Crippen molar-refractivity contribution in [1.29, 1.82) is 0 Å². The number of benzene rings is 2. The molecule has 0 aromatic heterocycles. The minimum atomic E-state index is -0.0508. The number of amides is 1. The molecule has 0 saturated carbocycles. The highest BCUT2D eigenvalue weighted by molar-refractivity contribution is 5.82. The number of morpholine rings is 1. The standard InChI is InChI=1S/C25H30N2O2/c1-3-18(2)20-11-7-8-12-21(20)22-15-26-16-23(22)25(28)27-13-14-29-17-24(27)19-9-5-4-6-10-19/h3-12,22-24,26H,13-17H2,1-2H3/t22-,23+,24+/m0/s1. The lowest BCUT2D eigenvalue weighted by Crippen LogP contribution is -2.47. The summed E-state index contributed by atoms with van der Waals surface area (Å²) in [4.78, 5) is 15.8. The van der Waals surface area contributed by atoms with Crippen LogP contribution in [0.3, 0.4) is 0 Å². The third kappa shape index (κ3) is 4.00. The number of hydrogen-bond acceptors (Lipinski definition) is 3. The molecule has 4 nitrogen and oxygen atoms in total. The van der Waals surface area contributed by atoms with Crippen molar-refractivity contribution < 1.29 is 9.53 Å². The summed E-state index contributed by atoms with van der Waals surface area (Å²) in [6.45, 7) is 7.60. The molecule has 0 unspecified atom stereocenters. The van der Waals surface area contributed by atoms with Crippen LogP contribution in [0, 0.1) is 5.92 Å². The first-order chi connectivity index (χ1) is 14.2. The molecule has 152 valence electrons. The number of hydrogen-bond donors (Lipinski definition) is 1. The molecule has 0 bridgehead atoms. The van der Waals surface area contributed by atoms with Gasteiger partial charge in [-0.25, -0.2) is 0 Å². The SMILES string of the molecule is CC=C(C)c1ccccc1[C@@H]1CNC[C@H]1C(=O)N1CCOC[C@@H]1c1ccccc1. The van der Waals surface area contributed by atoms with E-state index in [1.165, 1.54) is 16.7 Å². The number of ether oxygens (including phenoxy) is 1. The quantitative estimate of drug-likeness (QED) is 0.858. The van der Waals surface area contributed by atoms with Gasteiger partial charge in [-0.3, -0.25) is 4.79 Å². The van der Waals surface area contributed by atoms with E-state index >= 15 is 0 Å². The highest BCUT2D eigenvalue weighted by atomic mass is 16.5. The monoisotopic (exact) mass is 390 g/mol. The van der Waals surface area contributed by atoms with Crippen LogP contribution in [0.2, 0.25) is 0 Å². The summed E-state index contributed by atoms with van der Waals surface area (Å²) >= 11 is 0. The molecule has 2 fully saturated rings. The maximum Gasteiger partial charge on any atom is 0.228 e. The second-order valence-electron chi connectivity index (χ2n) is 7.96. The van der Waals surface area contributed by atoms with E-state index in [2.05, 4.69) is 66.5 Å². The molecule has 2 aromatic rings. The van der Waals surface area contributed by atoms with Crippen LogP contribution in [0.5, 0.6) is 0 Å². The van der Waals surface area contributed by atoms with Gasteiger partial charge in [-0.15, -0.1) is 0 Å². The number of nitrogens with one attached hydrogen (secondary N) is 1. The van der Waals surface area contributed by atoms with Crippen molar-refractivity contribution in [2.24, 2.45) is 5.92 Å². The van der Waals surface area contributed by atoms with Crippen molar-refractivity contribution in [3.05, 3.63) is 77.4 Å². The summed E-state index contributed by atoms with van der Waals surface area (Å²) in [6, 6.07) is 18.8. The molecule has 2 aromatic carbocycles. The lowest BCUT2D eigenvalue weighted by Gasteiger charge is -2.38. The maximum atomic E-state index is 13.7. The van der Waals surface area contributed by atoms with Crippen LogP contribution in [-0.2, 0) is 9.53 Å². The predicted octanol–water partition coefficient (Wildman–Crippen LogP) is 4.01. The average molecular weight is 391 g/mol. The van der Waals surface area contributed by atoms with Crippen molar-refractivity contribution in [3.8, 4) is 0 Å². The zero-order valence-corrected chi connectivity index (χ0v) is 17.3. The molecule has 2 aliphatic rings. The van der Waals surface area contributed by atoms with Crippen LogP contribution < -0.4 is 5.32 Å². The molecule has 29 heavy (non-hydrogen) atoms. The van der Waals surface area contributed by atoms with Gasteiger partial charge >= 0.3 is 0 Å². The molecule has 2 heterocycles. The van der Waals surface area contributed by atoms with Crippen LogP contribution >= 0.6 is 0 Å². The van der Waals surface area contributed by atoms with Gasteiger partial charge < -0.3 is 15.0 Å². The minimum Gasteiger partial charge on any atom is -0.377 e. The molecule has 2 aliphatic heterocycles. The first-order valence-corrected chi connectivity index (χ1v) is 10.6. The Morgan fingerprint density at radius 1 is 1.10 bits per heavy atom. The fourth-order valence-electron chi connectivity index (χ4n) is 4.63. The third-order valence-corrected chi connectivity index (χ3v) is 6.35. The summed E-state index contributed by atoms with van der Waals surface area (Å²) in [6.07, 6.45) is 2.14. The number of rotatable bonds is 4. The van der Waals surface area contributed by atoms with E-state index < -0.39 is 0 Å². The number of nitrogens with zero attached hydrogens (tertiary/aromatic N) is 1. The highest BCUT2D eigenvalue weighted by Crippen LogP contribution is 2.36. The van der Waals surface area contributed by atoms with Crippen LogP contribution in [0.25, 0.3) is 5.57 Å². The zero-order chi connectivity index (χ0) is 20.2. The van der Waals surface area contributed by atoms with E-state index in [4.69, 9.17) is 4.74 Å². The summed E-state index contributed by atoms with van der Waals surface area (Å²) in [5, 5.41) is 3.48. The lowest BCUT2D eigenvalue weighted by molar-refractivity contribution is -0.144. The first-order valence-electron chi connectivity index (χ1n) is 10.6. The Kier molecular flexibility index (Phi) is 6.12. The van der Waals surface area contributed by atoms with E-state index in [-0.39, 0.29) is 23.8 Å². The minimum absolute atomic E-state index is 0.00813. The Morgan fingerprint density at radius 2 is 1.86 bits per heavy atom. The van der Waals surface area contributed by atoms with Gasteiger partial charge in [0, 0.05) is 25.6 Å². The molecule has 0 spiro atoms. The van der Waals surface area contributed by atoms with Crippen molar-refractivity contribution in [2.45, 2.75) is 25.8 Å². The van der Waals surface area contributed by atoms with Gasteiger partial charge in [0.25, 0.3) is 0 Å². The predicted molar refractivity (Wildman–Crippen MR) is 117 cm³/mol. The van der Waals surface area contributed by atoms with Gasteiger partial charge in [-0.05, 0) is 36.1 Å². The molecule has 1 amide bonds. The summed E-state index contributed by atoms with van der Waals surface area (Å²) < 4.78 is 5.74. The van der Waals surface area contributed by atoms with Gasteiger partial charge in [0.05, 0.1) is 25.2 Å². The smallest absolute Gasteiger partial charge is 0.228 e. The Bertz CT molecular complexity index is 877. The fraction of sp³-hybridized carbons (Fsp3) is 0.400.